The van der Waals surface area contributed by atoms with E-state index in [1.54, 1.807) is 0 Å². The Morgan fingerprint density at radius 3 is 2.55 bits per heavy atom. The SMILES string of the molecule is Cc1ccc(NC(=S)Nc2ccc3[nH]c(=O)[nH]c3c2)c(C)c1. The largest absolute Gasteiger partial charge is 0.332 e. The van der Waals surface area contributed by atoms with Gasteiger partial charge in [-0.15, -0.1) is 0 Å². The molecule has 0 saturated heterocycles. The fourth-order valence-electron chi connectivity index (χ4n) is 2.35. The van der Waals surface area contributed by atoms with E-state index in [9.17, 15) is 4.79 Å². The molecule has 0 bridgehead atoms. The number of hydrogen-bond acceptors (Lipinski definition) is 2. The number of imidazole rings is 1. The number of aromatic amines is 2. The molecule has 0 aliphatic heterocycles. The van der Waals surface area contributed by atoms with Crippen molar-refractivity contribution in [2.75, 3.05) is 10.6 Å². The molecule has 5 nitrogen and oxygen atoms in total. The van der Waals surface area contributed by atoms with Crippen molar-refractivity contribution >= 4 is 39.7 Å². The Hall–Kier alpha value is -2.60. The van der Waals surface area contributed by atoms with Gasteiger partial charge in [-0.25, -0.2) is 4.79 Å². The molecule has 2 aromatic carbocycles. The van der Waals surface area contributed by atoms with Crippen molar-refractivity contribution in [3.63, 3.8) is 0 Å². The highest BCUT2D eigenvalue weighted by atomic mass is 32.1. The van der Waals surface area contributed by atoms with Crippen LogP contribution in [0.15, 0.2) is 41.2 Å². The molecule has 1 aromatic heterocycles. The number of fused-ring (bicyclic) bond motifs is 1. The summed E-state index contributed by atoms with van der Waals surface area (Å²) in [5.41, 5.74) is 5.42. The Balaban J connectivity index is 1.76. The van der Waals surface area contributed by atoms with Gasteiger partial charge >= 0.3 is 5.69 Å². The lowest BCUT2D eigenvalue weighted by Gasteiger charge is -2.13. The van der Waals surface area contributed by atoms with Gasteiger partial charge in [-0.1, -0.05) is 17.7 Å². The third-order valence-electron chi connectivity index (χ3n) is 3.40. The molecule has 6 heteroatoms. The maximum absolute atomic E-state index is 11.3. The zero-order valence-electron chi connectivity index (χ0n) is 12.3. The minimum absolute atomic E-state index is 0.219. The summed E-state index contributed by atoms with van der Waals surface area (Å²) in [4.78, 5) is 16.7. The predicted octanol–water partition coefficient (Wildman–Crippen LogP) is 3.28. The maximum Gasteiger partial charge on any atom is 0.323 e. The van der Waals surface area contributed by atoms with Crippen molar-refractivity contribution in [2.24, 2.45) is 0 Å². The Kier molecular flexibility index (Phi) is 3.68. The monoisotopic (exact) mass is 312 g/mol. The molecule has 3 rings (SSSR count). The Bertz CT molecular complexity index is 910. The van der Waals surface area contributed by atoms with Gasteiger partial charge in [0.25, 0.3) is 0 Å². The number of thiocarbonyl (C=S) groups is 1. The molecular formula is C16H16N4OS. The van der Waals surface area contributed by atoms with Crippen LogP contribution in [0.1, 0.15) is 11.1 Å². The topological polar surface area (TPSA) is 72.7 Å². The number of aromatic nitrogens is 2. The molecule has 0 spiro atoms. The van der Waals surface area contributed by atoms with Crippen LogP contribution in [0.25, 0.3) is 11.0 Å². The van der Waals surface area contributed by atoms with Gasteiger partial charge in [0.15, 0.2) is 5.11 Å². The number of anilines is 2. The van der Waals surface area contributed by atoms with E-state index >= 15 is 0 Å². The van der Waals surface area contributed by atoms with Crippen LogP contribution in [0.4, 0.5) is 11.4 Å². The predicted molar refractivity (Wildman–Crippen MR) is 94.7 cm³/mol. The van der Waals surface area contributed by atoms with Crippen LogP contribution in [-0.2, 0) is 0 Å². The smallest absolute Gasteiger partial charge is 0.323 e. The zero-order valence-corrected chi connectivity index (χ0v) is 13.1. The van der Waals surface area contributed by atoms with Gasteiger partial charge in [0.05, 0.1) is 11.0 Å². The van der Waals surface area contributed by atoms with Crippen LogP contribution in [0.2, 0.25) is 0 Å². The summed E-state index contributed by atoms with van der Waals surface area (Å²) < 4.78 is 0. The quantitative estimate of drug-likeness (QED) is 0.548. The first-order chi connectivity index (χ1) is 10.5. The average molecular weight is 312 g/mol. The van der Waals surface area contributed by atoms with Crippen molar-refractivity contribution < 1.29 is 0 Å². The van der Waals surface area contributed by atoms with Crippen LogP contribution in [-0.4, -0.2) is 15.1 Å². The summed E-state index contributed by atoms with van der Waals surface area (Å²) in [5.74, 6) is 0. The second kappa shape index (κ2) is 5.65. The maximum atomic E-state index is 11.3. The minimum atomic E-state index is -0.219. The van der Waals surface area contributed by atoms with Crippen LogP contribution >= 0.6 is 12.2 Å². The molecule has 0 aliphatic carbocycles. The third-order valence-corrected chi connectivity index (χ3v) is 3.61. The number of nitrogens with one attached hydrogen (secondary N) is 4. The van der Waals surface area contributed by atoms with E-state index in [1.165, 1.54) is 5.56 Å². The fraction of sp³-hybridized carbons (Fsp3) is 0.125. The summed E-state index contributed by atoms with van der Waals surface area (Å²) >= 11 is 5.34. The van der Waals surface area contributed by atoms with Gasteiger partial charge in [0.1, 0.15) is 0 Å². The second-order valence-electron chi connectivity index (χ2n) is 5.24. The van der Waals surface area contributed by atoms with Crippen LogP contribution in [0.5, 0.6) is 0 Å². The lowest BCUT2D eigenvalue weighted by atomic mass is 10.1. The molecule has 0 radical (unpaired) electrons. The first-order valence-corrected chi connectivity index (χ1v) is 7.29. The summed E-state index contributed by atoms with van der Waals surface area (Å²) in [6, 6.07) is 11.7. The fourth-order valence-corrected chi connectivity index (χ4v) is 2.58. The number of hydrogen-bond donors (Lipinski definition) is 4. The standard InChI is InChI=1S/C16H16N4OS/c1-9-3-5-12(10(2)7-9)20-16(22)17-11-4-6-13-14(8-11)19-15(21)18-13/h3-8H,1-2H3,(H2,17,20,22)(H2,18,19,21). The number of H-pyrrole nitrogens is 2. The summed E-state index contributed by atoms with van der Waals surface area (Å²) in [6.45, 7) is 4.09. The molecule has 4 N–H and O–H groups in total. The summed E-state index contributed by atoms with van der Waals surface area (Å²) in [5, 5.41) is 6.80. The number of aryl methyl sites for hydroxylation is 2. The van der Waals surface area contributed by atoms with Gasteiger partial charge in [-0.3, -0.25) is 0 Å². The summed E-state index contributed by atoms with van der Waals surface area (Å²) in [6.07, 6.45) is 0. The van der Waals surface area contributed by atoms with Gasteiger partial charge < -0.3 is 20.6 Å². The molecule has 1 heterocycles. The molecule has 0 atom stereocenters. The van der Waals surface area contributed by atoms with E-state index in [0.29, 0.717) is 5.11 Å². The Labute approximate surface area is 132 Å². The van der Waals surface area contributed by atoms with Crippen LogP contribution in [0, 0.1) is 13.8 Å². The number of rotatable bonds is 2. The molecule has 112 valence electrons. The number of benzene rings is 2. The van der Waals surface area contributed by atoms with E-state index in [-0.39, 0.29) is 5.69 Å². The normalized spacial score (nSPS) is 10.6. The lowest BCUT2D eigenvalue weighted by molar-refractivity contribution is 1.22. The van der Waals surface area contributed by atoms with Crippen LogP contribution < -0.4 is 16.3 Å². The molecule has 0 amide bonds. The van der Waals surface area contributed by atoms with E-state index in [4.69, 9.17) is 12.2 Å². The van der Waals surface area contributed by atoms with Crippen molar-refractivity contribution in [3.8, 4) is 0 Å². The highest BCUT2D eigenvalue weighted by molar-refractivity contribution is 7.80. The molecule has 0 aliphatic rings. The zero-order chi connectivity index (χ0) is 15.7. The van der Waals surface area contributed by atoms with Gasteiger partial charge in [-0.05, 0) is 55.9 Å². The van der Waals surface area contributed by atoms with E-state index in [2.05, 4.69) is 33.6 Å². The van der Waals surface area contributed by atoms with Crippen molar-refractivity contribution in [1.29, 1.82) is 0 Å². The van der Waals surface area contributed by atoms with Crippen molar-refractivity contribution in [2.45, 2.75) is 13.8 Å². The summed E-state index contributed by atoms with van der Waals surface area (Å²) in [7, 11) is 0. The van der Waals surface area contributed by atoms with E-state index < -0.39 is 0 Å². The molecule has 22 heavy (non-hydrogen) atoms. The molecular weight excluding hydrogens is 296 g/mol. The molecule has 0 saturated carbocycles. The average Bonchev–Trinajstić information content (AvgIpc) is 2.81. The molecule has 0 unspecified atom stereocenters. The molecule has 0 fully saturated rings. The van der Waals surface area contributed by atoms with Crippen LogP contribution in [0.3, 0.4) is 0 Å². The minimum Gasteiger partial charge on any atom is -0.332 e. The lowest BCUT2D eigenvalue weighted by Crippen LogP contribution is -2.19. The van der Waals surface area contributed by atoms with E-state index in [0.717, 1.165) is 28.0 Å². The third kappa shape index (κ3) is 3.01. The Morgan fingerprint density at radius 1 is 1.00 bits per heavy atom. The van der Waals surface area contributed by atoms with E-state index in [1.807, 2.05) is 37.3 Å². The van der Waals surface area contributed by atoms with Crippen molar-refractivity contribution in [1.82, 2.24) is 9.97 Å². The molecule has 3 aromatic rings. The first-order valence-electron chi connectivity index (χ1n) is 6.88. The Morgan fingerprint density at radius 2 is 1.77 bits per heavy atom. The second-order valence-corrected chi connectivity index (χ2v) is 5.65. The highest BCUT2D eigenvalue weighted by Gasteiger charge is 2.04. The highest BCUT2D eigenvalue weighted by Crippen LogP contribution is 2.18. The van der Waals surface area contributed by atoms with Gasteiger partial charge in [-0.2, -0.15) is 0 Å². The van der Waals surface area contributed by atoms with Crippen molar-refractivity contribution in [3.05, 3.63) is 58.0 Å². The van der Waals surface area contributed by atoms with Gasteiger partial charge in [0, 0.05) is 11.4 Å². The first kappa shape index (κ1) is 14.3. The van der Waals surface area contributed by atoms with Gasteiger partial charge in [0.2, 0.25) is 0 Å².